The maximum Gasteiger partial charge on any atom is 0.258 e. The van der Waals surface area contributed by atoms with Crippen LogP contribution in [-0.4, -0.2) is 9.90 Å². The monoisotopic (exact) mass is 237 g/mol. The van der Waals surface area contributed by atoms with Crippen molar-refractivity contribution in [2.75, 3.05) is 0 Å². The zero-order valence-corrected chi connectivity index (χ0v) is 9.56. The molecular formula is C13H11N5. The van der Waals surface area contributed by atoms with Gasteiger partial charge in [0, 0.05) is 5.21 Å². The molecule has 1 heterocycles. The second-order valence-corrected chi connectivity index (χ2v) is 3.79. The lowest BCUT2D eigenvalue weighted by Gasteiger charge is -1.94. The first-order chi connectivity index (χ1) is 8.84. The Morgan fingerprint density at radius 3 is 2.22 bits per heavy atom. The minimum Gasteiger partial charge on any atom is -0.340 e. The predicted octanol–water partition coefficient (Wildman–Crippen LogP) is 0.586. The molecule has 18 heavy (non-hydrogen) atoms. The molecule has 2 aromatic carbocycles. The van der Waals surface area contributed by atoms with Crippen molar-refractivity contribution in [3.63, 3.8) is 0 Å². The number of nitrogens with one attached hydrogen (secondary N) is 1. The van der Waals surface area contributed by atoms with Crippen LogP contribution in [0.3, 0.4) is 0 Å². The van der Waals surface area contributed by atoms with E-state index in [2.05, 4.69) is 10.3 Å². The highest BCUT2D eigenvalue weighted by Crippen LogP contribution is 2.00. The molecule has 5 heteroatoms. The smallest absolute Gasteiger partial charge is 0.258 e. The first-order valence-corrected chi connectivity index (χ1v) is 5.57. The largest absolute Gasteiger partial charge is 0.340 e. The second kappa shape index (κ2) is 4.29. The fraction of sp³-hybridized carbons (Fsp3) is 0. The number of nitrogens with zero attached hydrogens (tertiary/aromatic N) is 4. The van der Waals surface area contributed by atoms with Crippen LogP contribution in [0.2, 0.25) is 0 Å². The summed E-state index contributed by atoms with van der Waals surface area (Å²) in [6.07, 6.45) is 0. The number of hydrogen-bond acceptors (Lipinski definition) is 2. The Labute approximate surface area is 103 Å². The Balaban J connectivity index is 2.10. The van der Waals surface area contributed by atoms with Gasteiger partial charge in [0.25, 0.3) is 5.62 Å². The number of aromatic nitrogens is 4. The summed E-state index contributed by atoms with van der Waals surface area (Å²) in [5.74, 6) is 0. The average Bonchev–Trinajstić information content (AvgIpc) is 2.83. The highest BCUT2D eigenvalue weighted by Gasteiger charge is 2.08. The van der Waals surface area contributed by atoms with Gasteiger partial charge in [0.2, 0.25) is 0 Å². The van der Waals surface area contributed by atoms with Gasteiger partial charge in [0.15, 0.2) is 5.69 Å². The van der Waals surface area contributed by atoms with Gasteiger partial charge in [0.1, 0.15) is 5.69 Å². The van der Waals surface area contributed by atoms with Crippen molar-refractivity contribution < 1.29 is 4.80 Å². The molecular weight excluding hydrogens is 226 g/mol. The summed E-state index contributed by atoms with van der Waals surface area (Å²) in [7, 11) is 0. The molecule has 3 aromatic rings. The minimum atomic E-state index is 0.102. The van der Waals surface area contributed by atoms with E-state index >= 15 is 0 Å². The van der Waals surface area contributed by atoms with Crippen molar-refractivity contribution in [2.24, 2.45) is 0 Å². The van der Waals surface area contributed by atoms with Crippen LogP contribution in [0, 0.1) is 5.41 Å². The van der Waals surface area contributed by atoms with Gasteiger partial charge in [-0.3, -0.25) is 0 Å². The van der Waals surface area contributed by atoms with E-state index in [0.717, 1.165) is 11.4 Å². The van der Waals surface area contributed by atoms with E-state index in [4.69, 9.17) is 5.41 Å². The summed E-state index contributed by atoms with van der Waals surface area (Å²) >= 11 is 0. The van der Waals surface area contributed by atoms with E-state index in [-0.39, 0.29) is 5.62 Å². The van der Waals surface area contributed by atoms with Crippen molar-refractivity contribution in [1.29, 1.82) is 5.41 Å². The molecule has 0 fully saturated rings. The third kappa shape index (κ3) is 1.82. The third-order valence-corrected chi connectivity index (χ3v) is 2.55. The molecule has 88 valence electrons. The minimum absolute atomic E-state index is 0.102. The summed E-state index contributed by atoms with van der Waals surface area (Å²) in [6.45, 7) is 0. The van der Waals surface area contributed by atoms with Crippen molar-refractivity contribution >= 4 is 0 Å². The standard InChI is InChI=1S/C13H11N5/c14-13-15-18(12-9-5-2-6-10-12)16-17(13)11-7-3-1-4-8-11/h1-10,14H. The van der Waals surface area contributed by atoms with E-state index in [0.29, 0.717) is 0 Å². The molecule has 0 radical (unpaired) electrons. The summed E-state index contributed by atoms with van der Waals surface area (Å²) in [5, 5.41) is 16.2. The number of para-hydroxylation sites is 2. The van der Waals surface area contributed by atoms with Gasteiger partial charge >= 0.3 is 0 Å². The third-order valence-electron chi connectivity index (χ3n) is 2.55. The Morgan fingerprint density at radius 1 is 0.944 bits per heavy atom. The molecule has 0 saturated heterocycles. The van der Waals surface area contributed by atoms with Gasteiger partial charge in [-0.05, 0) is 24.3 Å². The van der Waals surface area contributed by atoms with Crippen molar-refractivity contribution in [1.82, 2.24) is 15.0 Å². The zero-order chi connectivity index (χ0) is 12.4. The second-order valence-electron chi connectivity index (χ2n) is 3.79. The van der Waals surface area contributed by atoms with Gasteiger partial charge in [-0.25, -0.2) is 0 Å². The quantitative estimate of drug-likeness (QED) is 0.663. The molecule has 5 nitrogen and oxygen atoms in total. The normalized spacial score (nSPS) is 10.4. The van der Waals surface area contributed by atoms with Gasteiger partial charge in [-0.15, -0.1) is 9.78 Å². The van der Waals surface area contributed by atoms with Crippen molar-refractivity contribution in [3.05, 3.63) is 66.3 Å². The van der Waals surface area contributed by atoms with Gasteiger partial charge in [-0.2, -0.15) is 0 Å². The lowest BCUT2D eigenvalue weighted by Crippen LogP contribution is -2.39. The fourth-order valence-corrected chi connectivity index (χ4v) is 1.69. The molecule has 0 amide bonds. The molecule has 1 aromatic heterocycles. The number of hydrogen-bond donors (Lipinski definition) is 1. The van der Waals surface area contributed by atoms with Crippen LogP contribution in [0.4, 0.5) is 0 Å². The summed E-state index contributed by atoms with van der Waals surface area (Å²) < 4.78 is 1.49. The average molecular weight is 237 g/mol. The molecule has 0 unspecified atom stereocenters. The maximum absolute atomic E-state index is 7.85. The first-order valence-electron chi connectivity index (χ1n) is 5.57. The summed E-state index contributed by atoms with van der Waals surface area (Å²) in [4.78, 5) is 1.45. The Kier molecular flexibility index (Phi) is 2.49. The molecule has 0 bridgehead atoms. The summed E-state index contributed by atoms with van der Waals surface area (Å²) in [6, 6.07) is 19.1. The molecule has 0 aliphatic carbocycles. The zero-order valence-electron chi connectivity index (χ0n) is 9.56. The van der Waals surface area contributed by atoms with Gasteiger partial charge < -0.3 is 5.41 Å². The first kappa shape index (κ1) is 10.5. The lowest BCUT2D eigenvalue weighted by molar-refractivity contribution is -0.723. The van der Waals surface area contributed by atoms with Crippen LogP contribution in [-0.2, 0) is 0 Å². The van der Waals surface area contributed by atoms with Crippen LogP contribution in [0.5, 0.6) is 0 Å². The topological polar surface area (TPSA) is 59.7 Å². The molecule has 0 saturated carbocycles. The van der Waals surface area contributed by atoms with Crippen LogP contribution >= 0.6 is 0 Å². The highest BCUT2D eigenvalue weighted by atomic mass is 15.6. The Bertz CT molecular complexity index is 697. The molecule has 0 aliphatic heterocycles. The van der Waals surface area contributed by atoms with Crippen molar-refractivity contribution in [2.45, 2.75) is 0 Å². The van der Waals surface area contributed by atoms with E-state index in [1.165, 1.54) is 9.48 Å². The summed E-state index contributed by atoms with van der Waals surface area (Å²) in [5.41, 5.74) is 1.76. The maximum atomic E-state index is 7.85. The molecule has 0 aliphatic rings. The van der Waals surface area contributed by atoms with Crippen LogP contribution in [0.1, 0.15) is 0 Å². The Hall–Kier alpha value is -2.69. The van der Waals surface area contributed by atoms with Crippen molar-refractivity contribution in [3.8, 4) is 11.4 Å². The van der Waals surface area contributed by atoms with E-state index < -0.39 is 0 Å². The molecule has 3 rings (SSSR count). The van der Waals surface area contributed by atoms with Gasteiger partial charge in [-0.1, -0.05) is 41.2 Å². The number of rotatable bonds is 2. The SMILES string of the molecule is N=c1[n-][n+](-c2ccccc2)nn1-c1ccccc1. The van der Waals surface area contributed by atoms with Crippen LogP contribution in [0.15, 0.2) is 60.7 Å². The van der Waals surface area contributed by atoms with Crippen LogP contribution in [0.25, 0.3) is 11.4 Å². The predicted molar refractivity (Wildman–Crippen MR) is 64.3 cm³/mol. The van der Waals surface area contributed by atoms with E-state index in [1.807, 2.05) is 60.7 Å². The number of benzene rings is 2. The number of tetrazole rings is 1. The van der Waals surface area contributed by atoms with Crippen LogP contribution < -0.4 is 15.5 Å². The highest BCUT2D eigenvalue weighted by molar-refractivity contribution is 5.28. The van der Waals surface area contributed by atoms with Gasteiger partial charge in [0.05, 0.1) is 0 Å². The van der Waals surface area contributed by atoms with E-state index in [1.54, 1.807) is 0 Å². The fourth-order valence-electron chi connectivity index (χ4n) is 1.69. The lowest BCUT2D eigenvalue weighted by atomic mass is 10.3. The Morgan fingerprint density at radius 2 is 1.56 bits per heavy atom. The molecule has 0 spiro atoms. The molecule has 0 atom stereocenters. The van der Waals surface area contributed by atoms with E-state index in [9.17, 15) is 0 Å². The molecule has 1 N–H and O–H groups in total.